The molecule has 8 nitrogen and oxygen atoms in total. The summed E-state index contributed by atoms with van der Waals surface area (Å²) in [6.07, 6.45) is 1.84. The lowest BCUT2D eigenvalue weighted by Gasteiger charge is -2.26. The van der Waals surface area contributed by atoms with E-state index in [4.69, 9.17) is 5.73 Å². The van der Waals surface area contributed by atoms with Gasteiger partial charge in [0.1, 0.15) is 12.0 Å². The summed E-state index contributed by atoms with van der Waals surface area (Å²) in [6.45, 7) is 0.626. The molecule has 1 aromatic carbocycles. The second-order valence-corrected chi connectivity index (χ2v) is 5.49. The van der Waals surface area contributed by atoms with Crippen molar-refractivity contribution in [3.63, 3.8) is 0 Å². The van der Waals surface area contributed by atoms with Gasteiger partial charge in [0, 0.05) is 5.39 Å². The summed E-state index contributed by atoms with van der Waals surface area (Å²) < 4.78 is 0. The number of nitro groups is 1. The number of nitrogens with two attached hydrogens (primary N) is 1. The number of pyridine rings is 1. The van der Waals surface area contributed by atoms with E-state index in [-0.39, 0.29) is 23.3 Å². The van der Waals surface area contributed by atoms with Crippen LogP contribution in [0.1, 0.15) is 12.8 Å². The highest BCUT2D eigenvalue weighted by atomic mass is 16.6. The minimum atomic E-state index is -0.519. The lowest BCUT2D eigenvalue weighted by atomic mass is 10.0. The molecule has 0 spiro atoms. The van der Waals surface area contributed by atoms with Gasteiger partial charge in [0.05, 0.1) is 22.6 Å². The summed E-state index contributed by atoms with van der Waals surface area (Å²) in [5.74, 6) is 0.225. The number of piperidine rings is 1. The van der Waals surface area contributed by atoms with Gasteiger partial charge >= 0.3 is 5.69 Å². The van der Waals surface area contributed by atoms with Crippen LogP contribution in [0, 0.1) is 10.1 Å². The zero-order valence-corrected chi connectivity index (χ0v) is 12.3. The number of aromatic nitrogens is 1. The predicted molar refractivity (Wildman–Crippen MR) is 86.7 cm³/mol. The van der Waals surface area contributed by atoms with Crippen LogP contribution in [0.15, 0.2) is 35.5 Å². The topological polar surface area (TPSA) is 127 Å². The third-order valence-electron chi connectivity index (χ3n) is 3.90. The molecule has 120 valence electrons. The molecule has 0 radical (unpaired) electrons. The number of rotatable bonds is 3. The van der Waals surface area contributed by atoms with Crippen molar-refractivity contribution in [3.8, 4) is 0 Å². The Morgan fingerprint density at radius 1 is 1.48 bits per heavy atom. The Morgan fingerprint density at radius 3 is 3.00 bits per heavy atom. The second kappa shape index (κ2) is 6.27. The first-order chi connectivity index (χ1) is 11.1. The standard InChI is InChI=1S/C15H17N5O3/c16-15(12-7-9(21)5-6-17-12)19-14-10-3-1-2-4-11(10)18-8-13(14)20(22)23/h1-4,8-9,12,17,21H,5-7H2,(H2,16,18,19). The van der Waals surface area contributed by atoms with Crippen LogP contribution in [0.25, 0.3) is 10.9 Å². The van der Waals surface area contributed by atoms with Crippen LogP contribution in [-0.2, 0) is 0 Å². The van der Waals surface area contributed by atoms with Gasteiger partial charge in [0.2, 0.25) is 0 Å². The number of hydrogen-bond donors (Lipinski definition) is 3. The minimum Gasteiger partial charge on any atom is -0.393 e. The zero-order chi connectivity index (χ0) is 16.4. The fourth-order valence-electron chi connectivity index (χ4n) is 2.70. The molecule has 0 aliphatic carbocycles. The SMILES string of the molecule is NC(=Nc1c([N+](=O)[O-])cnc2ccccc12)C1CC(O)CCN1. The van der Waals surface area contributed by atoms with Crippen LogP contribution in [-0.4, -0.2) is 39.5 Å². The monoisotopic (exact) mass is 315 g/mol. The number of aliphatic imine (C=N–C) groups is 1. The van der Waals surface area contributed by atoms with Crippen molar-refractivity contribution in [3.05, 3.63) is 40.6 Å². The van der Waals surface area contributed by atoms with Gasteiger partial charge in [-0.15, -0.1) is 0 Å². The van der Waals surface area contributed by atoms with Crippen LogP contribution >= 0.6 is 0 Å². The normalized spacial score (nSPS) is 22.2. The summed E-state index contributed by atoms with van der Waals surface area (Å²) in [7, 11) is 0. The van der Waals surface area contributed by atoms with Crippen LogP contribution in [0.2, 0.25) is 0 Å². The smallest absolute Gasteiger partial charge is 0.313 e. The molecular formula is C15H17N5O3. The summed E-state index contributed by atoms with van der Waals surface area (Å²) in [4.78, 5) is 19.1. The van der Waals surface area contributed by atoms with Crippen LogP contribution < -0.4 is 11.1 Å². The van der Waals surface area contributed by atoms with Crippen LogP contribution in [0.5, 0.6) is 0 Å². The van der Waals surface area contributed by atoms with Crippen molar-refractivity contribution in [2.45, 2.75) is 25.0 Å². The average molecular weight is 315 g/mol. The van der Waals surface area contributed by atoms with Crippen molar-refractivity contribution in [2.24, 2.45) is 10.7 Å². The summed E-state index contributed by atoms with van der Waals surface area (Å²) in [5, 5.41) is 24.8. The first-order valence-electron chi connectivity index (χ1n) is 7.34. The minimum absolute atomic E-state index is 0.192. The molecule has 3 rings (SSSR count). The summed E-state index contributed by atoms with van der Waals surface area (Å²) in [6, 6.07) is 6.76. The third kappa shape index (κ3) is 3.13. The molecule has 1 aromatic heterocycles. The number of para-hydroxylation sites is 1. The van der Waals surface area contributed by atoms with E-state index in [1.54, 1.807) is 24.3 Å². The summed E-state index contributed by atoms with van der Waals surface area (Å²) in [5.41, 5.74) is 6.65. The van der Waals surface area contributed by atoms with Crippen molar-refractivity contribution in [1.82, 2.24) is 10.3 Å². The fraction of sp³-hybridized carbons (Fsp3) is 0.333. The Bertz CT molecular complexity index is 777. The molecule has 1 fully saturated rings. The first kappa shape index (κ1) is 15.3. The Kier molecular flexibility index (Phi) is 4.18. The zero-order valence-electron chi connectivity index (χ0n) is 12.3. The average Bonchev–Trinajstić information content (AvgIpc) is 2.54. The van der Waals surface area contributed by atoms with Crippen molar-refractivity contribution >= 4 is 28.1 Å². The number of benzene rings is 1. The largest absolute Gasteiger partial charge is 0.393 e. The number of aliphatic hydroxyl groups is 1. The van der Waals surface area contributed by atoms with Gasteiger partial charge in [0.25, 0.3) is 0 Å². The number of nitrogens with zero attached hydrogens (tertiary/aromatic N) is 3. The Balaban J connectivity index is 2.08. The molecule has 2 atom stereocenters. The van der Waals surface area contributed by atoms with Gasteiger partial charge in [-0.3, -0.25) is 10.1 Å². The van der Waals surface area contributed by atoms with E-state index >= 15 is 0 Å². The number of hydrogen-bond acceptors (Lipinski definition) is 6. The van der Waals surface area contributed by atoms with E-state index < -0.39 is 11.0 Å². The number of fused-ring (bicyclic) bond motifs is 1. The lowest BCUT2D eigenvalue weighted by molar-refractivity contribution is -0.384. The maximum absolute atomic E-state index is 11.3. The Hall–Kier alpha value is -2.58. The Morgan fingerprint density at radius 2 is 2.26 bits per heavy atom. The van der Waals surface area contributed by atoms with E-state index in [0.717, 1.165) is 0 Å². The molecule has 2 aromatic rings. The molecule has 1 saturated heterocycles. The predicted octanol–water partition coefficient (Wildman–Crippen LogP) is 1.24. The van der Waals surface area contributed by atoms with Gasteiger partial charge < -0.3 is 16.2 Å². The Labute approximate surface area is 132 Å². The fourth-order valence-corrected chi connectivity index (χ4v) is 2.70. The molecule has 23 heavy (non-hydrogen) atoms. The molecule has 0 bridgehead atoms. The molecule has 0 amide bonds. The van der Waals surface area contributed by atoms with Crippen LogP contribution in [0.4, 0.5) is 11.4 Å². The number of amidine groups is 1. The highest BCUT2D eigenvalue weighted by molar-refractivity contribution is 5.98. The van der Waals surface area contributed by atoms with Crippen molar-refractivity contribution in [2.75, 3.05) is 6.54 Å². The first-order valence-corrected chi connectivity index (χ1v) is 7.34. The molecule has 2 heterocycles. The second-order valence-electron chi connectivity index (χ2n) is 5.49. The van der Waals surface area contributed by atoms with Gasteiger partial charge in [-0.05, 0) is 25.5 Å². The quantitative estimate of drug-likeness (QED) is 0.338. The van der Waals surface area contributed by atoms with E-state index in [2.05, 4.69) is 15.3 Å². The lowest BCUT2D eigenvalue weighted by Crippen LogP contribution is -2.48. The summed E-state index contributed by atoms with van der Waals surface area (Å²) >= 11 is 0. The van der Waals surface area contributed by atoms with Gasteiger partial charge in [0.15, 0.2) is 5.69 Å². The molecule has 2 unspecified atom stereocenters. The van der Waals surface area contributed by atoms with Crippen LogP contribution in [0.3, 0.4) is 0 Å². The molecule has 0 saturated carbocycles. The molecule has 8 heteroatoms. The molecule has 4 N–H and O–H groups in total. The molecular weight excluding hydrogens is 298 g/mol. The van der Waals surface area contributed by atoms with Gasteiger partial charge in [-0.1, -0.05) is 18.2 Å². The highest BCUT2D eigenvalue weighted by Crippen LogP contribution is 2.34. The third-order valence-corrected chi connectivity index (χ3v) is 3.90. The number of aliphatic hydroxyl groups excluding tert-OH is 1. The van der Waals surface area contributed by atoms with E-state index in [0.29, 0.717) is 30.3 Å². The maximum Gasteiger partial charge on any atom is 0.313 e. The number of nitrogens with one attached hydrogen (secondary N) is 1. The molecule has 1 aliphatic rings. The molecule has 1 aliphatic heterocycles. The maximum atomic E-state index is 11.3. The van der Waals surface area contributed by atoms with Crippen molar-refractivity contribution < 1.29 is 10.0 Å². The van der Waals surface area contributed by atoms with Gasteiger partial charge in [-0.2, -0.15) is 0 Å². The van der Waals surface area contributed by atoms with Gasteiger partial charge in [-0.25, -0.2) is 9.98 Å². The van der Waals surface area contributed by atoms with Crippen molar-refractivity contribution in [1.29, 1.82) is 0 Å². The highest BCUT2D eigenvalue weighted by Gasteiger charge is 2.24. The van der Waals surface area contributed by atoms with E-state index in [1.807, 2.05) is 0 Å². The van der Waals surface area contributed by atoms with E-state index in [1.165, 1.54) is 6.20 Å². The van der Waals surface area contributed by atoms with E-state index in [9.17, 15) is 15.2 Å².